The van der Waals surface area contributed by atoms with Crippen molar-refractivity contribution in [2.45, 2.75) is 12.5 Å². The molecule has 28 heavy (non-hydrogen) atoms. The van der Waals surface area contributed by atoms with Gasteiger partial charge in [0.15, 0.2) is 6.61 Å². The third-order valence-electron chi connectivity index (χ3n) is 4.18. The Balaban J connectivity index is 1.48. The number of aromatic nitrogens is 3. The fourth-order valence-corrected chi connectivity index (χ4v) is 3.01. The van der Waals surface area contributed by atoms with Gasteiger partial charge in [0.25, 0.3) is 11.9 Å². The maximum atomic E-state index is 12.1. The number of nitrogens with one attached hydrogen (secondary N) is 2. The van der Waals surface area contributed by atoms with Crippen LogP contribution in [0.5, 0.6) is 5.75 Å². The maximum absolute atomic E-state index is 12.1. The van der Waals surface area contributed by atoms with Crippen molar-refractivity contribution in [2.24, 2.45) is 0 Å². The summed E-state index contributed by atoms with van der Waals surface area (Å²) in [6, 6.07) is 15.9. The molecule has 2 aromatic carbocycles. The Morgan fingerprint density at radius 3 is 2.71 bits per heavy atom. The Kier molecular flexibility index (Phi) is 4.94. The Hall–Kier alpha value is -3.39. The van der Waals surface area contributed by atoms with Crippen molar-refractivity contribution >= 4 is 35.3 Å². The molecular weight excluding hydrogens is 382 g/mol. The molecule has 2 amide bonds. The molecule has 1 unspecified atom stereocenters. The van der Waals surface area contributed by atoms with Gasteiger partial charge in [-0.25, -0.2) is 4.68 Å². The molecule has 0 radical (unpaired) electrons. The van der Waals surface area contributed by atoms with Gasteiger partial charge in [-0.2, -0.15) is 4.98 Å². The molecule has 2 N–H and O–H groups in total. The predicted octanol–water partition coefficient (Wildman–Crippen LogP) is 2.88. The minimum Gasteiger partial charge on any atom is -0.484 e. The van der Waals surface area contributed by atoms with Crippen molar-refractivity contribution in [1.82, 2.24) is 14.8 Å². The number of fused-ring (bicyclic) bond motifs is 1. The van der Waals surface area contributed by atoms with E-state index in [1.807, 2.05) is 30.3 Å². The van der Waals surface area contributed by atoms with Gasteiger partial charge in [0.05, 0.1) is 12.5 Å². The van der Waals surface area contributed by atoms with E-state index in [0.717, 1.165) is 5.56 Å². The van der Waals surface area contributed by atoms with Crippen molar-refractivity contribution in [3.05, 3.63) is 65.2 Å². The van der Waals surface area contributed by atoms with Crippen LogP contribution in [0.15, 0.2) is 54.6 Å². The summed E-state index contributed by atoms with van der Waals surface area (Å²) in [5.74, 6) is 0.379. The van der Waals surface area contributed by atoms with Gasteiger partial charge in [-0.15, -0.1) is 5.10 Å². The minimum absolute atomic E-state index is 0.0952. The van der Waals surface area contributed by atoms with Crippen molar-refractivity contribution in [1.29, 1.82) is 0 Å². The van der Waals surface area contributed by atoms with Gasteiger partial charge in [-0.1, -0.05) is 41.9 Å². The summed E-state index contributed by atoms with van der Waals surface area (Å²) >= 11 is 5.94. The zero-order chi connectivity index (χ0) is 19.5. The Bertz CT molecular complexity index is 1000. The number of ether oxygens (including phenoxy) is 1. The van der Waals surface area contributed by atoms with Gasteiger partial charge in [0, 0.05) is 5.02 Å². The highest BCUT2D eigenvalue weighted by atomic mass is 35.5. The van der Waals surface area contributed by atoms with Gasteiger partial charge in [-0.3, -0.25) is 20.2 Å². The lowest BCUT2D eigenvalue weighted by Crippen LogP contribution is -2.29. The van der Waals surface area contributed by atoms with Crippen LogP contribution in [0.2, 0.25) is 5.02 Å². The van der Waals surface area contributed by atoms with E-state index in [-0.39, 0.29) is 36.9 Å². The molecule has 142 valence electrons. The summed E-state index contributed by atoms with van der Waals surface area (Å²) in [6.07, 6.45) is 0.211. The number of nitrogens with zero attached hydrogens (tertiary/aromatic N) is 3. The second kappa shape index (κ2) is 7.69. The topological polar surface area (TPSA) is 98.1 Å². The Morgan fingerprint density at radius 2 is 1.96 bits per heavy atom. The Morgan fingerprint density at radius 1 is 1.21 bits per heavy atom. The third kappa shape index (κ3) is 3.96. The van der Waals surface area contributed by atoms with Crippen LogP contribution >= 0.6 is 11.6 Å². The van der Waals surface area contributed by atoms with Gasteiger partial charge >= 0.3 is 0 Å². The molecule has 0 saturated heterocycles. The predicted molar refractivity (Wildman–Crippen MR) is 103 cm³/mol. The van der Waals surface area contributed by atoms with E-state index in [4.69, 9.17) is 16.3 Å². The van der Waals surface area contributed by atoms with Gasteiger partial charge in [0.2, 0.25) is 11.9 Å². The molecule has 0 spiro atoms. The van der Waals surface area contributed by atoms with Crippen molar-refractivity contribution in [3.8, 4) is 5.75 Å². The molecule has 1 aromatic heterocycles. The molecule has 1 aliphatic rings. The molecule has 0 bridgehead atoms. The fourth-order valence-electron chi connectivity index (χ4n) is 2.89. The van der Waals surface area contributed by atoms with Crippen LogP contribution in [0.3, 0.4) is 0 Å². The average molecular weight is 398 g/mol. The van der Waals surface area contributed by atoms with E-state index >= 15 is 0 Å². The molecule has 8 nitrogen and oxygen atoms in total. The van der Waals surface area contributed by atoms with E-state index in [9.17, 15) is 9.59 Å². The average Bonchev–Trinajstić information content (AvgIpc) is 3.09. The number of halogens is 1. The van der Waals surface area contributed by atoms with Crippen LogP contribution in [0.4, 0.5) is 11.9 Å². The molecule has 2 heterocycles. The first-order valence-electron chi connectivity index (χ1n) is 8.58. The maximum Gasteiger partial charge on any atom is 0.264 e. The monoisotopic (exact) mass is 397 g/mol. The molecule has 0 fully saturated rings. The second-order valence-electron chi connectivity index (χ2n) is 6.17. The van der Waals surface area contributed by atoms with E-state index in [2.05, 4.69) is 20.7 Å². The van der Waals surface area contributed by atoms with E-state index in [0.29, 0.717) is 10.8 Å². The van der Waals surface area contributed by atoms with Crippen molar-refractivity contribution < 1.29 is 14.3 Å². The van der Waals surface area contributed by atoms with Crippen LogP contribution in [0, 0.1) is 0 Å². The van der Waals surface area contributed by atoms with Crippen LogP contribution in [0.25, 0.3) is 0 Å². The molecule has 0 aliphatic carbocycles. The summed E-state index contributed by atoms with van der Waals surface area (Å²) in [5, 5.41) is 10.2. The number of carbonyl (C=O) groups excluding carboxylic acids is 2. The smallest absolute Gasteiger partial charge is 0.264 e. The molecule has 3 aromatic rings. The summed E-state index contributed by atoms with van der Waals surface area (Å²) in [4.78, 5) is 28.4. The van der Waals surface area contributed by atoms with Crippen LogP contribution in [0.1, 0.15) is 18.0 Å². The first kappa shape index (κ1) is 18.0. The molecular formula is C19H16ClN5O3. The summed E-state index contributed by atoms with van der Waals surface area (Å²) in [5.41, 5.74) is 0.871. The normalized spacial score (nSPS) is 15.5. The summed E-state index contributed by atoms with van der Waals surface area (Å²) < 4.78 is 6.99. The minimum atomic E-state index is -0.402. The lowest BCUT2D eigenvalue weighted by Gasteiger charge is -2.23. The largest absolute Gasteiger partial charge is 0.484 e. The lowest BCUT2D eigenvalue weighted by atomic mass is 10.0. The number of hydrogen-bond donors (Lipinski definition) is 2. The number of carbonyl (C=O) groups is 2. The third-order valence-corrected chi connectivity index (χ3v) is 4.43. The molecule has 4 rings (SSSR count). The Labute approximate surface area is 165 Å². The SMILES string of the molecule is O=C(COc1ccccc1)Nc1nc2n(n1)C(c1ccc(Cl)cc1)CC(=O)N2. The number of hydrogen-bond acceptors (Lipinski definition) is 5. The first-order chi connectivity index (χ1) is 13.6. The van der Waals surface area contributed by atoms with Gasteiger partial charge in [0.1, 0.15) is 5.75 Å². The molecule has 1 aliphatic heterocycles. The summed E-state index contributed by atoms with van der Waals surface area (Å²) in [7, 11) is 0. The number of amides is 2. The molecule has 1 atom stereocenters. The number of rotatable bonds is 5. The highest BCUT2D eigenvalue weighted by Crippen LogP contribution is 2.30. The molecule has 9 heteroatoms. The zero-order valence-electron chi connectivity index (χ0n) is 14.6. The van der Waals surface area contributed by atoms with Crippen molar-refractivity contribution in [3.63, 3.8) is 0 Å². The van der Waals surface area contributed by atoms with Gasteiger partial charge < -0.3 is 4.74 Å². The van der Waals surface area contributed by atoms with Crippen LogP contribution in [-0.4, -0.2) is 33.2 Å². The number of para-hydroxylation sites is 1. The molecule has 0 saturated carbocycles. The van der Waals surface area contributed by atoms with E-state index < -0.39 is 5.91 Å². The van der Waals surface area contributed by atoms with Gasteiger partial charge in [-0.05, 0) is 29.8 Å². The first-order valence-corrected chi connectivity index (χ1v) is 8.96. The lowest BCUT2D eigenvalue weighted by molar-refractivity contribution is -0.118. The highest BCUT2D eigenvalue weighted by molar-refractivity contribution is 6.30. The van der Waals surface area contributed by atoms with E-state index in [1.54, 1.807) is 28.9 Å². The highest BCUT2D eigenvalue weighted by Gasteiger charge is 2.29. The standard InChI is InChI=1S/C19H16ClN5O3/c20-13-8-6-12(7-9-13)15-10-16(26)22-19-23-18(24-25(15)19)21-17(27)11-28-14-4-2-1-3-5-14/h1-9,15H,10-11H2,(H2,21,22,23,24,26,27). The van der Waals surface area contributed by atoms with Crippen molar-refractivity contribution in [2.75, 3.05) is 17.2 Å². The quantitative estimate of drug-likeness (QED) is 0.689. The van der Waals surface area contributed by atoms with Crippen LogP contribution in [-0.2, 0) is 9.59 Å². The van der Waals surface area contributed by atoms with Crippen LogP contribution < -0.4 is 15.4 Å². The second-order valence-corrected chi connectivity index (χ2v) is 6.61. The van der Waals surface area contributed by atoms with E-state index in [1.165, 1.54) is 0 Å². The number of benzene rings is 2. The fraction of sp³-hybridized carbons (Fsp3) is 0.158. The number of anilines is 2. The zero-order valence-corrected chi connectivity index (χ0v) is 15.4. The summed E-state index contributed by atoms with van der Waals surface area (Å²) in [6.45, 7) is -0.180.